The number of amides is 1. The van der Waals surface area contributed by atoms with Crippen molar-refractivity contribution in [3.8, 4) is 11.6 Å². The normalized spacial score (nSPS) is 12.0. The molecule has 176 valence electrons. The molecule has 3 aromatic rings. The summed E-state index contributed by atoms with van der Waals surface area (Å²) in [4.78, 5) is 12.0. The van der Waals surface area contributed by atoms with E-state index in [1.54, 1.807) is 6.07 Å². The maximum Gasteiger partial charge on any atom is 0.435 e. The molecule has 0 saturated heterocycles. The Hall–Kier alpha value is -3.28. The van der Waals surface area contributed by atoms with Gasteiger partial charge >= 0.3 is 12.4 Å². The molecule has 0 fully saturated rings. The number of halogens is 8. The number of para-hydroxylation sites is 1. The second-order valence-corrected chi connectivity index (χ2v) is 7.01. The van der Waals surface area contributed by atoms with E-state index >= 15 is 0 Å². The smallest absolute Gasteiger partial charge is 0.435 e. The van der Waals surface area contributed by atoms with Crippen LogP contribution in [-0.2, 0) is 23.7 Å². The Bertz CT molecular complexity index is 1160. The molecular formula is C20H13ClF7N3O2. The van der Waals surface area contributed by atoms with Crippen LogP contribution in [0.4, 0.5) is 30.7 Å². The Balaban J connectivity index is 1.70. The molecule has 13 heteroatoms. The van der Waals surface area contributed by atoms with Gasteiger partial charge < -0.3 is 10.1 Å². The van der Waals surface area contributed by atoms with E-state index in [4.69, 9.17) is 16.3 Å². The minimum Gasteiger partial charge on any atom is -0.467 e. The molecule has 0 atom stereocenters. The highest BCUT2D eigenvalue weighted by molar-refractivity contribution is 6.32. The summed E-state index contributed by atoms with van der Waals surface area (Å²) in [5, 5.41) is 5.72. The number of carbonyl (C=O) groups excluding carboxylic acids is 1. The minimum absolute atomic E-state index is 0.0666. The van der Waals surface area contributed by atoms with Gasteiger partial charge in [-0.3, -0.25) is 4.79 Å². The number of nitrogens with zero attached hydrogens (tertiary/aromatic N) is 2. The van der Waals surface area contributed by atoms with Crippen LogP contribution in [0.5, 0.6) is 5.88 Å². The van der Waals surface area contributed by atoms with E-state index in [9.17, 15) is 35.5 Å². The number of hydrogen-bond donors (Lipinski definition) is 1. The molecule has 1 aromatic heterocycles. The van der Waals surface area contributed by atoms with Crippen LogP contribution < -0.4 is 10.1 Å². The highest BCUT2D eigenvalue weighted by Crippen LogP contribution is 2.33. The van der Waals surface area contributed by atoms with Crippen LogP contribution in [-0.4, -0.2) is 22.3 Å². The zero-order valence-corrected chi connectivity index (χ0v) is 17.0. The monoisotopic (exact) mass is 495 g/mol. The van der Waals surface area contributed by atoms with Gasteiger partial charge in [0.2, 0.25) is 5.88 Å². The summed E-state index contributed by atoms with van der Waals surface area (Å²) in [5.74, 6) is -2.49. The summed E-state index contributed by atoms with van der Waals surface area (Å²) >= 11 is 6.01. The summed E-state index contributed by atoms with van der Waals surface area (Å²) < 4.78 is 96.8. The van der Waals surface area contributed by atoms with E-state index < -0.39 is 54.4 Å². The molecule has 0 aliphatic heterocycles. The van der Waals surface area contributed by atoms with Crippen molar-refractivity contribution >= 4 is 17.5 Å². The second-order valence-electron chi connectivity index (χ2n) is 6.60. The molecule has 1 amide bonds. The van der Waals surface area contributed by atoms with Crippen molar-refractivity contribution in [1.29, 1.82) is 0 Å². The molecule has 1 N–H and O–H groups in total. The lowest BCUT2D eigenvalue weighted by Gasteiger charge is -2.12. The first-order valence-corrected chi connectivity index (χ1v) is 9.41. The Labute approximate surface area is 186 Å². The van der Waals surface area contributed by atoms with E-state index in [0.717, 1.165) is 10.7 Å². The lowest BCUT2D eigenvalue weighted by Crippen LogP contribution is -2.29. The lowest BCUT2D eigenvalue weighted by atomic mass is 10.1. The van der Waals surface area contributed by atoms with Gasteiger partial charge in [0, 0.05) is 18.2 Å². The predicted octanol–water partition coefficient (Wildman–Crippen LogP) is 5.40. The first-order valence-electron chi connectivity index (χ1n) is 9.03. The van der Waals surface area contributed by atoms with Crippen molar-refractivity contribution in [2.24, 2.45) is 0 Å². The van der Waals surface area contributed by atoms with Crippen molar-refractivity contribution < 1.29 is 40.3 Å². The summed E-state index contributed by atoms with van der Waals surface area (Å²) in [6.45, 7) is -1.25. The molecule has 0 radical (unpaired) electrons. The number of aromatic nitrogens is 2. The van der Waals surface area contributed by atoms with Gasteiger partial charge in [-0.2, -0.15) is 36.1 Å². The van der Waals surface area contributed by atoms with Crippen molar-refractivity contribution in [1.82, 2.24) is 15.1 Å². The number of benzene rings is 2. The van der Waals surface area contributed by atoms with E-state index in [1.165, 1.54) is 18.2 Å². The van der Waals surface area contributed by atoms with Crippen molar-refractivity contribution in [3.63, 3.8) is 0 Å². The molecule has 5 nitrogen and oxygen atoms in total. The molecule has 3 rings (SSSR count). The molecule has 0 saturated carbocycles. The SMILES string of the molecule is O=C(COc1cc(C(F)(F)F)nn1-c1ccccc1Cl)NCc1ccc(C(F)(F)F)cc1F. The van der Waals surface area contributed by atoms with Crippen LogP contribution in [0.1, 0.15) is 16.8 Å². The molecular weight excluding hydrogens is 483 g/mol. The van der Waals surface area contributed by atoms with Crippen LogP contribution >= 0.6 is 11.6 Å². The molecule has 2 aromatic carbocycles. The highest BCUT2D eigenvalue weighted by Gasteiger charge is 2.36. The Morgan fingerprint density at radius 2 is 1.73 bits per heavy atom. The number of rotatable bonds is 6. The molecule has 0 spiro atoms. The first-order chi connectivity index (χ1) is 15.4. The van der Waals surface area contributed by atoms with E-state index in [0.29, 0.717) is 18.2 Å². The van der Waals surface area contributed by atoms with Gasteiger partial charge in [-0.25, -0.2) is 4.39 Å². The van der Waals surface area contributed by atoms with Gasteiger partial charge in [-0.05, 0) is 24.3 Å². The van der Waals surface area contributed by atoms with Crippen molar-refractivity contribution in [3.05, 3.63) is 76.2 Å². The van der Waals surface area contributed by atoms with Gasteiger partial charge in [0.1, 0.15) is 5.82 Å². The zero-order chi connectivity index (χ0) is 24.4. The number of nitrogens with one attached hydrogen (secondary N) is 1. The number of alkyl halides is 6. The lowest BCUT2D eigenvalue weighted by molar-refractivity contribution is -0.141. The minimum atomic E-state index is -4.80. The van der Waals surface area contributed by atoms with Crippen LogP contribution in [0, 0.1) is 5.82 Å². The van der Waals surface area contributed by atoms with E-state index in [1.807, 2.05) is 0 Å². The van der Waals surface area contributed by atoms with Crippen molar-refractivity contribution in [2.75, 3.05) is 6.61 Å². The van der Waals surface area contributed by atoms with E-state index in [2.05, 4.69) is 10.4 Å². The molecule has 0 aliphatic rings. The Morgan fingerprint density at radius 3 is 2.33 bits per heavy atom. The fourth-order valence-electron chi connectivity index (χ4n) is 2.65. The van der Waals surface area contributed by atoms with Gasteiger partial charge in [0.15, 0.2) is 12.3 Å². The summed E-state index contributed by atoms with van der Waals surface area (Å²) in [5.41, 5.74) is -2.63. The fourth-order valence-corrected chi connectivity index (χ4v) is 2.87. The third-order valence-electron chi connectivity index (χ3n) is 4.26. The Kier molecular flexibility index (Phi) is 6.86. The average Bonchev–Trinajstić information content (AvgIpc) is 3.15. The highest BCUT2D eigenvalue weighted by atomic mass is 35.5. The molecule has 0 aliphatic carbocycles. The van der Waals surface area contributed by atoms with Crippen molar-refractivity contribution in [2.45, 2.75) is 18.9 Å². The fraction of sp³-hybridized carbons (Fsp3) is 0.200. The summed E-state index contributed by atoms with van der Waals surface area (Å²) in [6, 6.07) is 8.24. The molecule has 33 heavy (non-hydrogen) atoms. The average molecular weight is 496 g/mol. The van der Waals surface area contributed by atoms with Gasteiger partial charge in [0.05, 0.1) is 16.3 Å². The predicted molar refractivity (Wildman–Crippen MR) is 102 cm³/mol. The summed E-state index contributed by atoms with van der Waals surface area (Å²) in [7, 11) is 0. The van der Waals surface area contributed by atoms with Gasteiger partial charge in [-0.1, -0.05) is 29.8 Å². The third-order valence-corrected chi connectivity index (χ3v) is 4.57. The first kappa shape index (κ1) is 24.4. The number of hydrogen-bond acceptors (Lipinski definition) is 3. The topological polar surface area (TPSA) is 56.1 Å². The molecule has 1 heterocycles. The van der Waals surface area contributed by atoms with E-state index in [-0.39, 0.29) is 16.3 Å². The number of ether oxygens (including phenoxy) is 1. The number of carbonyl (C=O) groups is 1. The largest absolute Gasteiger partial charge is 0.467 e. The van der Waals surface area contributed by atoms with Crippen LogP contribution in [0.3, 0.4) is 0 Å². The van der Waals surface area contributed by atoms with Crippen LogP contribution in [0.15, 0.2) is 48.5 Å². The van der Waals surface area contributed by atoms with Crippen LogP contribution in [0.2, 0.25) is 5.02 Å². The Morgan fingerprint density at radius 1 is 1.03 bits per heavy atom. The summed E-state index contributed by atoms with van der Waals surface area (Å²) in [6.07, 6.45) is -9.52. The zero-order valence-electron chi connectivity index (χ0n) is 16.3. The molecule has 0 bridgehead atoms. The quantitative estimate of drug-likeness (QED) is 0.466. The maximum absolute atomic E-state index is 13.9. The van der Waals surface area contributed by atoms with Gasteiger partial charge in [0.25, 0.3) is 5.91 Å². The standard InChI is InChI=1S/C20H13ClF7N3O2/c21-13-3-1-2-4-15(13)31-18(8-16(30-31)20(26,27)28)33-10-17(32)29-9-11-5-6-12(7-14(11)22)19(23,24)25/h1-8H,9-10H2,(H,29,32). The molecule has 0 unspecified atom stereocenters. The van der Waals surface area contributed by atoms with Gasteiger partial charge in [-0.15, -0.1) is 0 Å². The van der Waals surface area contributed by atoms with Crippen LogP contribution in [0.25, 0.3) is 5.69 Å². The second kappa shape index (κ2) is 9.30. The third kappa shape index (κ3) is 5.95. The maximum atomic E-state index is 13.9.